The number of rotatable bonds is 4. The number of aromatic nitrogens is 1. The average Bonchev–Trinajstić information content (AvgIpc) is 2.84. The van der Waals surface area contributed by atoms with Crippen LogP contribution in [-0.2, 0) is 0 Å². The van der Waals surface area contributed by atoms with E-state index >= 15 is 0 Å². The quantitative estimate of drug-likeness (QED) is 0.237. The Bertz CT molecular complexity index is 1380. The zero-order chi connectivity index (χ0) is 21.2. The smallest absolute Gasteiger partial charge is 0.258 e. The predicted molar refractivity (Wildman–Crippen MR) is 125 cm³/mol. The third-order valence-electron chi connectivity index (χ3n) is 5.35. The molecule has 0 fully saturated rings. The lowest BCUT2D eigenvalue weighted by atomic mass is 9.88. The zero-order valence-electron chi connectivity index (χ0n) is 16.6. The Labute approximate surface area is 179 Å². The second-order valence-corrected chi connectivity index (χ2v) is 7.27. The molecule has 148 valence electrons. The molecule has 0 aliphatic carbocycles. The summed E-state index contributed by atoms with van der Waals surface area (Å²) in [6, 6.07) is 35.0. The number of nitro benzene ring substituents is 1. The third-order valence-corrected chi connectivity index (χ3v) is 5.35. The first-order valence-corrected chi connectivity index (χ1v) is 10.0. The van der Waals surface area contributed by atoms with Gasteiger partial charge in [0.2, 0.25) is 0 Å². The number of pyridine rings is 1. The molecule has 4 heteroatoms. The Morgan fingerprint density at radius 2 is 1.13 bits per heavy atom. The van der Waals surface area contributed by atoms with E-state index in [1.807, 2.05) is 78.9 Å². The number of benzene rings is 4. The van der Waals surface area contributed by atoms with E-state index in [0.717, 1.165) is 44.4 Å². The summed E-state index contributed by atoms with van der Waals surface area (Å²) in [6.07, 6.45) is 0. The van der Waals surface area contributed by atoms with Gasteiger partial charge in [-0.1, -0.05) is 91.0 Å². The highest BCUT2D eigenvalue weighted by Crippen LogP contribution is 2.43. The van der Waals surface area contributed by atoms with Crippen molar-refractivity contribution >= 4 is 16.6 Å². The minimum absolute atomic E-state index is 0.0537. The topological polar surface area (TPSA) is 56.0 Å². The summed E-state index contributed by atoms with van der Waals surface area (Å²) in [6.45, 7) is 0. The van der Waals surface area contributed by atoms with Gasteiger partial charge in [-0.3, -0.25) is 10.1 Å². The molecule has 0 saturated carbocycles. The van der Waals surface area contributed by atoms with Crippen molar-refractivity contribution in [3.8, 4) is 33.5 Å². The fourth-order valence-electron chi connectivity index (χ4n) is 3.96. The molecule has 1 aromatic heterocycles. The van der Waals surface area contributed by atoms with Crippen LogP contribution in [0.25, 0.3) is 44.4 Å². The van der Waals surface area contributed by atoms with Crippen LogP contribution in [0, 0.1) is 10.1 Å². The van der Waals surface area contributed by atoms with Gasteiger partial charge in [-0.15, -0.1) is 0 Å². The summed E-state index contributed by atoms with van der Waals surface area (Å²) in [5, 5.41) is 12.3. The minimum Gasteiger partial charge on any atom is -0.258 e. The van der Waals surface area contributed by atoms with Gasteiger partial charge in [0.15, 0.2) is 0 Å². The molecule has 31 heavy (non-hydrogen) atoms. The lowest BCUT2D eigenvalue weighted by Gasteiger charge is -2.18. The molecule has 0 spiro atoms. The van der Waals surface area contributed by atoms with E-state index in [1.165, 1.54) is 6.07 Å². The molecule has 0 aliphatic heterocycles. The van der Waals surface area contributed by atoms with Crippen molar-refractivity contribution in [3.05, 3.63) is 119 Å². The highest BCUT2D eigenvalue weighted by atomic mass is 16.6. The maximum Gasteiger partial charge on any atom is 0.270 e. The van der Waals surface area contributed by atoms with E-state index < -0.39 is 0 Å². The Hall–Kier alpha value is -4.31. The van der Waals surface area contributed by atoms with Crippen molar-refractivity contribution in [1.29, 1.82) is 0 Å². The molecule has 0 amide bonds. The van der Waals surface area contributed by atoms with Crippen LogP contribution in [0.4, 0.5) is 5.69 Å². The SMILES string of the molecule is O=[N+]([O-])c1ccc2nc(-c3ccccc3)c(-c3ccccc3)c(-c3ccccc3)c2c1. The standard InChI is InChI=1S/C27H18N2O2/c30-29(31)22-16-17-24-23(18-22)25(19-10-4-1-5-11-19)26(20-12-6-2-7-13-20)27(28-24)21-14-8-3-9-15-21/h1-18H. The Balaban J connectivity index is 1.98. The number of hydrogen-bond acceptors (Lipinski definition) is 3. The fraction of sp³-hybridized carbons (Fsp3) is 0. The van der Waals surface area contributed by atoms with Crippen molar-refractivity contribution in [2.75, 3.05) is 0 Å². The maximum absolute atomic E-state index is 11.5. The Morgan fingerprint density at radius 3 is 1.68 bits per heavy atom. The molecular weight excluding hydrogens is 384 g/mol. The first-order valence-electron chi connectivity index (χ1n) is 10.0. The van der Waals surface area contributed by atoms with Gasteiger partial charge in [0.25, 0.3) is 5.69 Å². The largest absolute Gasteiger partial charge is 0.270 e. The molecule has 4 nitrogen and oxygen atoms in total. The molecule has 4 aromatic carbocycles. The van der Waals surface area contributed by atoms with Gasteiger partial charge >= 0.3 is 0 Å². The van der Waals surface area contributed by atoms with E-state index in [-0.39, 0.29) is 10.6 Å². The Kier molecular flexibility index (Phi) is 4.73. The zero-order valence-corrected chi connectivity index (χ0v) is 16.6. The van der Waals surface area contributed by atoms with Crippen LogP contribution in [0.3, 0.4) is 0 Å². The molecular formula is C27H18N2O2. The van der Waals surface area contributed by atoms with Crippen LogP contribution in [-0.4, -0.2) is 9.91 Å². The molecule has 0 N–H and O–H groups in total. The first-order chi connectivity index (χ1) is 15.2. The maximum atomic E-state index is 11.5. The monoisotopic (exact) mass is 402 g/mol. The van der Waals surface area contributed by atoms with Gasteiger partial charge in [0.1, 0.15) is 0 Å². The molecule has 0 atom stereocenters. The van der Waals surface area contributed by atoms with E-state index in [1.54, 1.807) is 12.1 Å². The number of hydrogen-bond donors (Lipinski definition) is 0. The van der Waals surface area contributed by atoms with Crippen LogP contribution in [0.2, 0.25) is 0 Å². The number of nitro groups is 1. The van der Waals surface area contributed by atoms with Crippen LogP contribution in [0.15, 0.2) is 109 Å². The lowest BCUT2D eigenvalue weighted by molar-refractivity contribution is -0.384. The molecule has 0 aliphatic rings. The van der Waals surface area contributed by atoms with Crippen LogP contribution in [0.1, 0.15) is 0 Å². The first kappa shape index (κ1) is 18.7. The van der Waals surface area contributed by atoms with E-state index in [2.05, 4.69) is 12.1 Å². The van der Waals surface area contributed by atoms with Gasteiger partial charge in [0.05, 0.1) is 16.1 Å². The normalized spacial score (nSPS) is 10.8. The summed E-state index contributed by atoms with van der Waals surface area (Å²) in [5.41, 5.74) is 6.55. The van der Waals surface area contributed by atoms with E-state index in [9.17, 15) is 10.1 Å². The molecule has 1 heterocycles. The van der Waals surface area contributed by atoms with Crippen LogP contribution >= 0.6 is 0 Å². The second-order valence-electron chi connectivity index (χ2n) is 7.27. The number of non-ortho nitro benzene ring substituents is 1. The van der Waals surface area contributed by atoms with Crippen molar-refractivity contribution in [3.63, 3.8) is 0 Å². The fourth-order valence-corrected chi connectivity index (χ4v) is 3.96. The summed E-state index contributed by atoms with van der Waals surface area (Å²) in [4.78, 5) is 16.1. The predicted octanol–water partition coefficient (Wildman–Crippen LogP) is 7.14. The van der Waals surface area contributed by atoms with E-state index in [4.69, 9.17) is 4.98 Å². The molecule has 5 aromatic rings. The van der Waals surface area contributed by atoms with Crippen molar-refractivity contribution in [2.45, 2.75) is 0 Å². The van der Waals surface area contributed by atoms with Crippen molar-refractivity contribution in [2.24, 2.45) is 0 Å². The van der Waals surface area contributed by atoms with Gasteiger partial charge in [-0.2, -0.15) is 0 Å². The molecule has 0 unspecified atom stereocenters. The highest BCUT2D eigenvalue weighted by molar-refractivity contribution is 6.07. The lowest BCUT2D eigenvalue weighted by Crippen LogP contribution is -1.97. The van der Waals surface area contributed by atoms with E-state index in [0.29, 0.717) is 0 Å². The number of nitrogens with zero attached hydrogens (tertiary/aromatic N) is 2. The summed E-state index contributed by atoms with van der Waals surface area (Å²) in [5.74, 6) is 0. The summed E-state index contributed by atoms with van der Waals surface area (Å²) in [7, 11) is 0. The van der Waals surface area contributed by atoms with Gasteiger partial charge in [-0.25, -0.2) is 4.98 Å². The van der Waals surface area contributed by atoms with Crippen molar-refractivity contribution < 1.29 is 4.92 Å². The molecule has 0 bridgehead atoms. The van der Waals surface area contributed by atoms with Crippen LogP contribution in [0.5, 0.6) is 0 Å². The molecule has 0 radical (unpaired) electrons. The van der Waals surface area contributed by atoms with Crippen LogP contribution < -0.4 is 0 Å². The Morgan fingerprint density at radius 1 is 0.613 bits per heavy atom. The average molecular weight is 402 g/mol. The third kappa shape index (κ3) is 3.45. The van der Waals surface area contributed by atoms with Gasteiger partial charge in [0, 0.05) is 34.2 Å². The van der Waals surface area contributed by atoms with Gasteiger partial charge < -0.3 is 0 Å². The minimum atomic E-state index is -0.360. The molecule has 0 saturated heterocycles. The highest BCUT2D eigenvalue weighted by Gasteiger charge is 2.21. The molecule has 5 rings (SSSR count). The van der Waals surface area contributed by atoms with Crippen molar-refractivity contribution in [1.82, 2.24) is 4.98 Å². The van der Waals surface area contributed by atoms with Gasteiger partial charge in [-0.05, 0) is 17.2 Å². The summed E-state index contributed by atoms with van der Waals surface area (Å²) < 4.78 is 0. The second kappa shape index (κ2) is 7.84. The number of fused-ring (bicyclic) bond motifs is 1. The summed E-state index contributed by atoms with van der Waals surface area (Å²) >= 11 is 0.